The summed E-state index contributed by atoms with van der Waals surface area (Å²) in [7, 11) is 0. The van der Waals surface area contributed by atoms with Gasteiger partial charge in [0.05, 0.1) is 24.2 Å². The zero-order chi connectivity index (χ0) is 35.9. The van der Waals surface area contributed by atoms with Gasteiger partial charge in [-0.25, -0.2) is 0 Å². The molecule has 6 rings (SSSR count). The lowest BCUT2D eigenvalue weighted by molar-refractivity contribution is -0.143. The Labute approximate surface area is 305 Å². The number of hydrogen-bond donors (Lipinski definition) is 4. The van der Waals surface area contributed by atoms with Gasteiger partial charge in [-0.2, -0.15) is 0 Å². The molecule has 0 saturated carbocycles. The summed E-state index contributed by atoms with van der Waals surface area (Å²) in [5, 5.41) is 22.6. The molecule has 0 radical (unpaired) electrons. The van der Waals surface area contributed by atoms with Crippen molar-refractivity contribution in [2.45, 2.75) is 60.1 Å². The largest absolute Gasteiger partial charge is 0.481 e. The number of nitrogens with one attached hydrogen (secondary N) is 2. The summed E-state index contributed by atoms with van der Waals surface area (Å²) in [5.74, 6) is -2.15. The number of aliphatic carboxylic acids is 2. The molecule has 0 aliphatic carbocycles. The predicted molar refractivity (Wildman–Crippen MR) is 208 cm³/mol. The predicted octanol–water partition coefficient (Wildman–Crippen LogP) is 7.66. The molecule has 0 bridgehead atoms. The van der Waals surface area contributed by atoms with E-state index in [9.17, 15) is 9.59 Å². The summed E-state index contributed by atoms with van der Waals surface area (Å²) in [4.78, 5) is 29.7. The molecule has 266 valence electrons. The van der Waals surface area contributed by atoms with E-state index in [1.54, 1.807) is 0 Å². The average Bonchev–Trinajstić information content (AvgIpc) is 3.11. The molecule has 2 aliphatic rings. The molecule has 0 unspecified atom stereocenters. The van der Waals surface area contributed by atoms with E-state index in [0.29, 0.717) is 0 Å². The summed E-state index contributed by atoms with van der Waals surface area (Å²) in [5.41, 5.74) is 8.10. The van der Waals surface area contributed by atoms with Crippen molar-refractivity contribution in [3.8, 4) is 0 Å². The van der Waals surface area contributed by atoms with E-state index < -0.39 is 11.9 Å². The lowest BCUT2D eigenvalue weighted by Gasteiger charge is -2.31. The van der Waals surface area contributed by atoms with Crippen molar-refractivity contribution in [3.05, 3.63) is 107 Å². The minimum atomic E-state index is -1.08. The van der Waals surface area contributed by atoms with Crippen LogP contribution in [-0.2, 0) is 9.59 Å². The van der Waals surface area contributed by atoms with Crippen molar-refractivity contribution < 1.29 is 19.8 Å². The van der Waals surface area contributed by atoms with Crippen LogP contribution < -0.4 is 20.4 Å². The summed E-state index contributed by atoms with van der Waals surface area (Å²) in [6, 6.07) is 30.9. The number of rotatable bonds is 9. The maximum atomic E-state index is 9.64. The minimum Gasteiger partial charge on any atom is -0.481 e. The Morgan fingerprint density at radius 1 is 0.560 bits per heavy atom. The van der Waals surface area contributed by atoms with Crippen LogP contribution >= 0.6 is 23.5 Å². The summed E-state index contributed by atoms with van der Waals surface area (Å²) < 4.78 is 0. The van der Waals surface area contributed by atoms with Crippen LogP contribution in [0.3, 0.4) is 0 Å². The van der Waals surface area contributed by atoms with Crippen molar-refractivity contribution in [2.75, 3.05) is 62.2 Å². The fourth-order valence-electron chi connectivity index (χ4n) is 5.70. The summed E-state index contributed by atoms with van der Waals surface area (Å²) in [6.45, 7) is 17.3. The second-order valence-electron chi connectivity index (χ2n) is 12.4. The molecule has 2 heterocycles. The number of para-hydroxylation sites is 2. The maximum Gasteiger partial charge on any atom is 0.303 e. The number of nitrogens with zero attached hydrogens (tertiary/aromatic N) is 2. The van der Waals surface area contributed by atoms with Gasteiger partial charge in [-0.15, -0.1) is 0 Å². The van der Waals surface area contributed by atoms with Gasteiger partial charge in [-0.3, -0.25) is 9.59 Å². The van der Waals surface area contributed by atoms with Crippen LogP contribution in [0.5, 0.6) is 0 Å². The highest BCUT2D eigenvalue weighted by atomic mass is 32.2. The van der Waals surface area contributed by atoms with Crippen molar-refractivity contribution in [3.63, 3.8) is 0 Å². The first-order chi connectivity index (χ1) is 24.1. The smallest absolute Gasteiger partial charge is 0.303 e. The Bertz CT molecular complexity index is 1580. The highest BCUT2D eigenvalue weighted by molar-refractivity contribution is 7.99. The zero-order valence-electron chi connectivity index (χ0n) is 29.6. The van der Waals surface area contributed by atoms with Gasteiger partial charge in [-0.1, -0.05) is 83.2 Å². The third-order valence-corrected chi connectivity index (χ3v) is 10.8. The van der Waals surface area contributed by atoms with Crippen LogP contribution in [0.2, 0.25) is 0 Å². The monoisotopic (exact) mass is 714 g/mol. The summed E-state index contributed by atoms with van der Waals surface area (Å²) in [6.07, 6.45) is -0.593. The van der Waals surface area contributed by atoms with Gasteiger partial charge in [0.2, 0.25) is 0 Å². The molecule has 50 heavy (non-hydrogen) atoms. The molecule has 10 heteroatoms. The molecule has 2 aliphatic heterocycles. The molecule has 2 fully saturated rings. The van der Waals surface area contributed by atoms with Crippen LogP contribution in [0.15, 0.2) is 105 Å². The molecule has 0 spiro atoms. The Morgan fingerprint density at radius 2 is 0.920 bits per heavy atom. The van der Waals surface area contributed by atoms with Crippen molar-refractivity contribution in [2.24, 2.45) is 0 Å². The Balaban J connectivity index is 0.000000186. The van der Waals surface area contributed by atoms with E-state index in [4.69, 9.17) is 10.2 Å². The van der Waals surface area contributed by atoms with Gasteiger partial charge in [0.25, 0.3) is 0 Å². The minimum absolute atomic E-state index is 0.296. The number of hydrogen-bond acceptors (Lipinski definition) is 8. The Morgan fingerprint density at radius 3 is 1.26 bits per heavy atom. The number of piperazine rings is 2. The van der Waals surface area contributed by atoms with Crippen molar-refractivity contribution in [1.82, 2.24) is 10.6 Å². The number of aryl methyl sites for hydroxylation is 4. The molecule has 0 aromatic heterocycles. The lowest BCUT2D eigenvalue weighted by atomic mass is 10.2. The Kier molecular flexibility index (Phi) is 15.6. The molecular formula is C40H50N4O4S2. The lowest BCUT2D eigenvalue weighted by Crippen LogP contribution is -2.43. The zero-order valence-corrected chi connectivity index (χ0v) is 31.2. The third-order valence-electron chi connectivity index (χ3n) is 8.30. The second-order valence-corrected chi connectivity index (χ2v) is 14.6. The molecular weight excluding hydrogens is 665 g/mol. The van der Waals surface area contributed by atoms with Crippen LogP contribution in [0, 0.1) is 27.7 Å². The van der Waals surface area contributed by atoms with Gasteiger partial charge in [-0.05, 0) is 75.2 Å². The topological polar surface area (TPSA) is 105 Å². The first-order valence-electron chi connectivity index (χ1n) is 17.1. The molecule has 4 aromatic rings. The number of carbonyl (C=O) groups is 2. The van der Waals surface area contributed by atoms with E-state index in [0.717, 1.165) is 52.4 Å². The van der Waals surface area contributed by atoms with Crippen molar-refractivity contribution in [1.29, 1.82) is 0 Å². The van der Waals surface area contributed by atoms with Crippen LogP contribution in [0.25, 0.3) is 0 Å². The van der Waals surface area contributed by atoms with Gasteiger partial charge in [0.15, 0.2) is 0 Å². The van der Waals surface area contributed by atoms with Crippen LogP contribution in [0.1, 0.15) is 35.1 Å². The van der Waals surface area contributed by atoms with Gasteiger partial charge in [0, 0.05) is 71.9 Å². The van der Waals surface area contributed by atoms with Gasteiger partial charge < -0.3 is 30.6 Å². The van der Waals surface area contributed by atoms with E-state index in [2.05, 4.69) is 133 Å². The van der Waals surface area contributed by atoms with Crippen molar-refractivity contribution >= 4 is 46.8 Å². The molecule has 0 amide bonds. The highest BCUT2D eigenvalue weighted by Crippen LogP contribution is 2.38. The maximum absolute atomic E-state index is 9.64. The molecule has 4 aromatic carbocycles. The van der Waals surface area contributed by atoms with E-state index >= 15 is 0 Å². The standard InChI is InChI=1S/2C18H22N2S.C4H6O4/c2*1-14-7-8-17(15(2)13-14)21-18-6-4-3-5-16(18)20-11-9-19-10-12-20;5-3(6)1-2-4(7)8/h2*3-8,13,19H,9-12H2,1-2H3;1-2H2,(H,5,6)(H,7,8). The SMILES string of the molecule is Cc1ccc(Sc2ccccc2N2CCNCC2)c(C)c1.Cc1ccc(Sc2ccccc2N2CCNCC2)c(C)c1.O=C(O)CCC(=O)O. The third kappa shape index (κ3) is 12.4. The quantitative estimate of drug-likeness (QED) is 0.138. The Hall–Kier alpha value is -3.96. The molecule has 2 saturated heterocycles. The second kappa shape index (κ2) is 20.0. The molecule has 0 atom stereocenters. The van der Waals surface area contributed by atoms with E-state index in [-0.39, 0.29) is 12.8 Å². The van der Waals surface area contributed by atoms with Gasteiger partial charge in [0.1, 0.15) is 0 Å². The van der Waals surface area contributed by atoms with Crippen LogP contribution in [-0.4, -0.2) is 74.5 Å². The fourth-order valence-corrected chi connectivity index (χ4v) is 7.78. The number of benzene rings is 4. The number of carboxylic acids is 2. The summed E-state index contributed by atoms with van der Waals surface area (Å²) >= 11 is 3.76. The average molecular weight is 715 g/mol. The van der Waals surface area contributed by atoms with E-state index in [1.807, 2.05) is 23.5 Å². The fraction of sp³-hybridized carbons (Fsp3) is 0.350. The van der Waals surface area contributed by atoms with Crippen LogP contribution in [0.4, 0.5) is 11.4 Å². The molecule has 8 nitrogen and oxygen atoms in total. The first kappa shape index (κ1) is 38.8. The number of carboxylic acid groups (broad SMARTS) is 2. The highest BCUT2D eigenvalue weighted by Gasteiger charge is 2.16. The molecule has 4 N–H and O–H groups in total. The number of anilines is 2. The normalized spacial score (nSPS) is 14.2. The van der Waals surface area contributed by atoms with Gasteiger partial charge >= 0.3 is 11.9 Å². The van der Waals surface area contributed by atoms with E-state index in [1.165, 1.54) is 53.2 Å². The first-order valence-corrected chi connectivity index (χ1v) is 18.8.